The van der Waals surface area contributed by atoms with Crippen molar-refractivity contribution >= 4 is 7.82 Å². The fraction of sp³-hybridized carbons (Fsp3) is 0.400. The Morgan fingerprint density at radius 1 is 1.38 bits per heavy atom. The quantitative estimate of drug-likeness (QED) is 0.615. The van der Waals surface area contributed by atoms with E-state index in [0.717, 1.165) is 5.56 Å². The third-order valence-electron chi connectivity index (χ3n) is 1.94. The maximum atomic E-state index is 10.7. The molecule has 0 aromatic heterocycles. The van der Waals surface area contributed by atoms with Crippen molar-refractivity contribution in [3.8, 4) is 5.75 Å². The van der Waals surface area contributed by atoms with Crippen LogP contribution < -0.4 is 4.74 Å². The van der Waals surface area contributed by atoms with E-state index in [0.29, 0.717) is 12.2 Å². The minimum absolute atomic E-state index is 0.347. The van der Waals surface area contributed by atoms with Gasteiger partial charge < -0.3 is 14.5 Å². The van der Waals surface area contributed by atoms with E-state index in [1.165, 1.54) is 0 Å². The van der Waals surface area contributed by atoms with Crippen LogP contribution in [0.5, 0.6) is 5.75 Å². The normalized spacial score (nSPS) is 13.5. The zero-order valence-corrected chi connectivity index (χ0v) is 10.1. The average Bonchev–Trinajstić information content (AvgIpc) is 2.18. The average molecular weight is 246 g/mol. The molecule has 1 atom stereocenters. The number of phosphoric ester groups is 1. The van der Waals surface area contributed by atoms with Gasteiger partial charge >= 0.3 is 7.82 Å². The third kappa shape index (κ3) is 4.33. The van der Waals surface area contributed by atoms with Gasteiger partial charge in [-0.3, -0.25) is 0 Å². The van der Waals surface area contributed by atoms with E-state index >= 15 is 0 Å². The van der Waals surface area contributed by atoms with E-state index in [2.05, 4.69) is 4.52 Å². The van der Waals surface area contributed by atoms with Gasteiger partial charge in [-0.2, -0.15) is 0 Å². The van der Waals surface area contributed by atoms with Crippen LogP contribution in [0.15, 0.2) is 24.3 Å². The van der Waals surface area contributed by atoms with E-state index in [1.807, 2.05) is 19.1 Å². The Hall–Kier alpha value is -0.870. The van der Waals surface area contributed by atoms with Gasteiger partial charge in [0.25, 0.3) is 0 Å². The molecule has 1 rings (SSSR count). The number of benzene rings is 1. The highest BCUT2D eigenvalue weighted by Gasteiger charge is 2.22. The molecule has 0 amide bonds. The molecule has 5 nitrogen and oxygen atoms in total. The molecule has 0 radical (unpaired) electrons. The second-order valence-corrected chi connectivity index (χ2v) is 4.51. The molecule has 0 spiro atoms. The van der Waals surface area contributed by atoms with Crippen LogP contribution in [-0.4, -0.2) is 16.1 Å². The van der Waals surface area contributed by atoms with Crippen molar-refractivity contribution in [2.75, 3.05) is 0 Å². The Morgan fingerprint density at radius 3 is 2.50 bits per heavy atom. The summed E-state index contributed by atoms with van der Waals surface area (Å²) in [4.78, 5) is 17.4. The lowest BCUT2D eigenvalue weighted by Gasteiger charge is -2.19. The summed E-state index contributed by atoms with van der Waals surface area (Å²) in [5.74, 6) is 0.558. The predicted octanol–water partition coefficient (Wildman–Crippen LogP) is 2.22. The summed E-state index contributed by atoms with van der Waals surface area (Å²) in [6.07, 6.45) is -0.596. The van der Waals surface area contributed by atoms with Crippen LogP contribution in [0.4, 0.5) is 0 Å². The maximum Gasteiger partial charge on any atom is 0.472 e. The fourth-order valence-electron chi connectivity index (χ4n) is 1.16. The van der Waals surface area contributed by atoms with Crippen LogP contribution in [0, 0.1) is 6.92 Å². The third-order valence-corrected chi connectivity index (χ3v) is 2.45. The van der Waals surface area contributed by atoms with Crippen molar-refractivity contribution in [3.05, 3.63) is 29.8 Å². The monoisotopic (exact) mass is 246 g/mol. The number of para-hydroxylation sites is 1. The fourth-order valence-corrected chi connectivity index (χ4v) is 1.66. The van der Waals surface area contributed by atoms with Gasteiger partial charge in [-0.25, -0.2) is 9.09 Å². The summed E-state index contributed by atoms with van der Waals surface area (Å²) >= 11 is 0. The molecule has 16 heavy (non-hydrogen) atoms. The Bertz CT molecular complexity index is 387. The second-order valence-electron chi connectivity index (χ2n) is 3.32. The minimum atomic E-state index is -4.52. The second kappa shape index (κ2) is 5.46. The lowest BCUT2D eigenvalue weighted by Crippen LogP contribution is -2.18. The molecule has 1 unspecified atom stereocenters. The van der Waals surface area contributed by atoms with Crippen molar-refractivity contribution in [1.82, 2.24) is 0 Å². The van der Waals surface area contributed by atoms with Crippen molar-refractivity contribution in [2.45, 2.75) is 26.6 Å². The first kappa shape index (κ1) is 13.2. The van der Waals surface area contributed by atoms with E-state index in [1.54, 1.807) is 19.1 Å². The largest absolute Gasteiger partial charge is 0.472 e. The molecular weight excluding hydrogens is 231 g/mol. The van der Waals surface area contributed by atoms with E-state index < -0.39 is 14.1 Å². The maximum absolute atomic E-state index is 10.7. The van der Waals surface area contributed by atoms with E-state index in [4.69, 9.17) is 14.5 Å². The lowest BCUT2D eigenvalue weighted by molar-refractivity contribution is -0.0181. The first-order valence-corrected chi connectivity index (χ1v) is 6.41. The van der Waals surface area contributed by atoms with Crippen molar-refractivity contribution in [1.29, 1.82) is 0 Å². The Morgan fingerprint density at radius 2 is 2.00 bits per heavy atom. The summed E-state index contributed by atoms with van der Waals surface area (Å²) < 4.78 is 20.5. The standard InChI is InChI=1S/C10H15O5P/c1-3-10(15-16(11,12)13)14-9-7-5-4-6-8(9)2/h4-7,10H,3H2,1-2H3,(H2,11,12,13). The van der Waals surface area contributed by atoms with Crippen molar-refractivity contribution < 1.29 is 23.6 Å². The van der Waals surface area contributed by atoms with Gasteiger partial charge in [-0.15, -0.1) is 0 Å². The van der Waals surface area contributed by atoms with Crippen LogP contribution >= 0.6 is 7.82 Å². The number of aryl methyl sites for hydroxylation is 1. The van der Waals surface area contributed by atoms with Crippen molar-refractivity contribution in [3.63, 3.8) is 0 Å². The molecule has 0 aliphatic heterocycles. The summed E-state index contributed by atoms with van der Waals surface area (Å²) in [7, 11) is -4.52. The van der Waals surface area contributed by atoms with Gasteiger partial charge in [-0.1, -0.05) is 25.1 Å². The van der Waals surface area contributed by atoms with Gasteiger partial charge in [-0.05, 0) is 18.6 Å². The molecule has 0 saturated carbocycles. The smallest absolute Gasteiger partial charge is 0.464 e. The van der Waals surface area contributed by atoms with Crippen LogP contribution in [0.3, 0.4) is 0 Å². The molecule has 0 heterocycles. The number of hydrogen-bond acceptors (Lipinski definition) is 3. The lowest BCUT2D eigenvalue weighted by atomic mass is 10.2. The minimum Gasteiger partial charge on any atom is -0.464 e. The van der Waals surface area contributed by atoms with E-state index in [-0.39, 0.29) is 0 Å². The Labute approximate surface area is 94.3 Å². The van der Waals surface area contributed by atoms with Gasteiger partial charge in [0.2, 0.25) is 6.29 Å². The molecule has 90 valence electrons. The van der Waals surface area contributed by atoms with Gasteiger partial charge in [0.05, 0.1) is 0 Å². The zero-order valence-electron chi connectivity index (χ0n) is 9.16. The topological polar surface area (TPSA) is 76.0 Å². The first-order valence-electron chi connectivity index (χ1n) is 4.88. The molecule has 2 N–H and O–H groups in total. The summed E-state index contributed by atoms with van der Waals surface area (Å²) in [5, 5.41) is 0. The molecule has 0 aliphatic rings. The van der Waals surface area contributed by atoms with Crippen molar-refractivity contribution in [2.24, 2.45) is 0 Å². The van der Waals surface area contributed by atoms with Gasteiger partial charge in [0, 0.05) is 6.42 Å². The molecule has 1 aromatic carbocycles. The highest BCUT2D eigenvalue weighted by molar-refractivity contribution is 7.46. The SMILES string of the molecule is CCC(Oc1ccccc1C)OP(=O)(O)O. The number of hydrogen-bond donors (Lipinski definition) is 2. The molecule has 0 fully saturated rings. The summed E-state index contributed by atoms with van der Waals surface area (Å²) in [6.45, 7) is 3.57. The van der Waals surface area contributed by atoms with Crippen LogP contribution in [0.25, 0.3) is 0 Å². The summed E-state index contributed by atoms with van der Waals surface area (Å²) in [6, 6.07) is 7.21. The van der Waals surface area contributed by atoms with Crippen LogP contribution in [-0.2, 0) is 9.09 Å². The first-order chi connectivity index (χ1) is 7.42. The number of rotatable bonds is 5. The highest BCUT2D eigenvalue weighted by atomic mass is 31.2. The molecule has 1 aromatic rings. The zero-order chi connectivity index (χ0) is 12.2. The molecule has 6 heteroatoms. The number of phosphoric acid groups is 1. The molecule has 0 bridgehead atoms. The Balaban J connectivity index is 2.71. The number of ether oxygens (including phenoxy) is 1. The van der Waals surface area contributed by atoms with Crippen LogP contribution in [0.1, 0.15) is 18.9 Å². The molecular formula is C10H15O5P. The summed E-state index contributed by atoms with van der Waals surface area (Å²) in [5.41, 5.74) is 0.885. The van der Waals surface area contributed by atoms with Gasteiger partial charge in [0.15, 0.2) is 0 Å². The van der Waals surface area contributed by atoms with Crippen LogP contribution in [0.2, 0.25) is 0 Å². The Kier molecular flexibility index (Phi) is 4.50. The predicted molar refractivity (Wildman–Crippen MR) is 59.0 cm³/mol. The highest BCUT2D eigenvalue weighted by Crippen LogP contribution is 2.38. The molecule has 0 aliphatic carbocycles. The molecule has 0 saturated heterocycles. The van der Waals surface area contributed by atoms with E-state index in [9.17, 15) is 4.57 Å². The van der Waals surface area contributed by atoms with Gasteiger partial charge in [0.1, 0.15) is 5.75 Å².